The van der Waals surface area contributed by atoms with Crippen molar-refractivity contribution in [3.05, 3.63) is 24.3 Å². The maximum Gasteiger partial charge on any atom is 0.180 e. The second kappa shape index (κ2) is 4.50. The number of nitrogens with two attached hydrogens (primary N) is 1. The molecule has 0 spiro atoms. The molecule has 2 aromatic rings. The largest absolute Gasteiger partial charge is 0.331 e. The smallest absolute Gasteiger partial charge is 0.180 e. The van der Waals surface area contributed by atoms with Crippen LogP contribution in [0.4, 0.5) is 5.82 Å². The van der Waals surface area contributed by atoms with Gasteiger partial charge in [-0.1, -0.05) is 13.8 Å². The van der Waals surface area contributed by atoms with Crippen molar-refractivity contribution in [2.45, 2.75) is 19.8 Å². The van der Waals surface area contributed by atoms with Crippen molar-refractivity contribution in [3.8, 4) is 11.5 Å². The van der Waals surface area contributed by atoms with Crippen molar-refractivity contribution in [2.24, 2.45) is 12.9 Å². The molecular formula is C11H16N6. The summed E-state index contributed by atoms with van der Waals surface area (Å²) >= 11 is 0. The van der Waals surface area contributed by atoms with Gasteiger partial charge in [0.05, 0.1) is 12.5 Å². The normalized spacial score (nSPS) is 10.9. The van der Waals surface area contributed by atoms with Crippen LogP contribution in [0.25, 0.3) is 11.5 Å². The number of imidazole rings is 1. The van der Waals surface area contributed by atoms with Crippen molar-refractivity contribution in [1.82, 2.24) is 19.5 Å². The third kappa shape index (κ3) is 2.26. The predicted molar refractivity (Wildman–Crippen MR) is 66.1 cm³/mol. The van der Waals surface area contributed by atoms with E-state index in [9.17, 15) is 0 Å². The molecule has 0 amide bonds. The minimum absolute atomic E-state index is 0.317. The van der Waals surface area contributed by atoms with E-state index in [0.717, 1.165) is 11.4 Å². The van der Waals surface area contributed by atoms with Crippen molar-refractivity contribution >= 4 is 5.82 Å². The molecule has 0 radical (unpaired) electrons. The zero-order valence-corrected chi connectivity index (χ0v) is 10.2. The van der Waals surface area contributed by atoms with Crippen molar-refractivity contribution in [2.75, 3.05) is 5.43 Å². The maximum absolute atomic E-state index is 5.42. The summed E-state index contributed by atoms with van der Waals surface area (Å²) in [7, 11) is 1.91. The van der Waals surface area contributed by atoms with Crippen LogP contribution in [0.2, 0.25) is 0 Å². The minimum atomic E-state index is 0.317. The number of aromatic nitrogens is 4. The van der Waals surface area contributed by atoms with Crippen LogP contribution >= 0.6 is 0 Å². The van der Waals surface area contributed by atoms with Gasteiger partial charge in [0.1, 0.15) is 11.5 Å². The average Bonchev–Trinajstić information content (AvgIpc) is 2.74. The van der Waals surface area contributed by atoms with E-state index in [1.54, 1.807) is 12.5 Å². The molecule has 17 heavy (non-hydrogen) atoms. The van der Waals surface area contributed by atoms with Gasteiger partial charge in [0, 0.05) is 18.8 Å². The highest BCUT2D eigenvalue weighted by Crippen LogP contribution is 2.20. The lowest BCUT2D eigenvalue weighted by Crippen LogP contribution is -2.11. The van der Waals surface area contributed by atoms with Gasteiger partial charge in [-0.05, 0) is 5.92 Å². The lowest BCUT2D eigenvalue weighted by molar-refractivity contribution is 0.811. The number of hydrogen-bond donors (Lipinski definition) is 2. The highest BCUT2D eigenvalue weighted by atomic mass is 15.3. The van der Waals surface area contributed by atoms with Crippen molar-refractivity contribution in [3.63, 3.8) is 0 Å². The lowest BCUT2D eigenvalue weighted by atomic mass is 10.1. The highest BCUT2D eigenvalue weighted by molar-refractivity contribution is 5.52. The first kappa shape index (κ1) is 11.5. The summed E-state index contributed by atoms with van der Waals surface area (Å²) in [5, 5.41) is 0. The molecule has 0 fully saturated rings. The topological polar surface area (TPSA) is 81.6 Å². The average molecular weight is 232 g/mol. The van der Waals surface area contributed by atoms with E-state index in [0.29, 0.717) is 17.6 Å². The van der Waals surface area contributed by atoms with E-state index >= 15 is 0 Å². The predicted octanol–water partition coefficient (Wildman–Crippen LogP) is 1.29. The molecule has 0 saturated heterocycles. The van der Waals surface area contributed by atoms with Gasteiger partial charge in [-0.15, -0.1) is 0 Å². The second-order valence-corrected chi connectivity index (χ2v) is 4.19. The summed E-state index contributed by atoms with van der Waals surface area (Å²) in [6.07, 6.45) is 3.45. The molecule has 2 heterocycles. The fraction of sp³-hybridized carbons (Fsp3) is 0.364. The molecule has 0 atom stereocenters. The summed E-state index contributed by atoms with van der Waals surface area (Å²) in [5.74, 6) is 6.97. The molecule has 0 bridgehead atoms. The molecule has 0 unspecified atom stereocenters. The number of rotatable bonds is 3. The Labute approximate surface area is 99.9 Å². The fourth-order valence-corrected chi connectivity index (χ4v) is 1.52. The molecular weight excluding hydrogens is 216 g/mol. The van der Waals surface area contributed by atoms with Crippen molar-refractivity contribution in [1.29, 1.82) is 0 Å². The van der Waals surface area contributed by atoms with Crippen LogP contribution < -0.4 is 11.3 Å². The van der Waals surface area contributed by atoms with Gasteiger partial charge in [0.25, 0.3) is 0 Å². The molecule has 3 N–H and O–H groups in total. The Morgan fingerprint density at radius 1 is 1.35 bits per heavy atom. The summed E-state index contributed by atoms with van der Waals surface area (Å²) in [6.45, 7) is 4.16. The lowest BCUT2D eigenvalue weighted by Gasteiger charge is -2.09. The quantitative estimate of drug-likeness (QED) is 0.615. The standard InChI is InChI=1S/C11H16N6/c1-7(2)8-4-10(16-12)15-11(14-8)9-5-13-6-17(9)3/h4-7H,12H2,1-3H3,(H,14,15,16). The SMILES string of the molecule is CC(C)c1cc(NN)nc(-c2cncn2C)n1. The van der Waals surface area contributed by atoms with E-state index in [1.165, 1.54) is 0 Å². The van der Waals surface area contributed by atoms with Crippen LogP contribution in [0, 0.1) is 0 Å². The van der Waals surface area contributed by atoms with Crippen LogP contribution in [0.5, 0.6) is 0 Å². The molecule has 2 aromatic heterocycles. The molecule has 0 saturated carbocycles. The van der Waals surface area contributed by atoms with Gasteiger partial charge in [-0.3, -0.25) is 0 Å². The molecule has 0 aliphatic carbocycles. The van der Waals surface area contributed by atoms with E-state index in [2.05, 4.69) is 34.2 Å². The maximum atomic E-state index is 5.42. The Kier molecular flexibility index (Phi) is 3.06. The fourth-order valence-electron chi connectivity index (χ4n) is 1.52. The third-order valence-electron chi connectivity index (χ3n) is 2.53. The summed E-state index contributed by atoms with van der Waals surface area (Å²) in [5.41, 5.74) is 4.38. The summed E-state index contributed by atoms with van der Waals surface area (Å²) in [6, 6.07) is 1.85. The number of nitrogens with one attached hydrogen (secondary N) is 1. The number of hydrogen-bond acceptors (Lipinski definition) is 5. The van der Waals surface area contributed by atoms with Crippen LogP contribution in [-0.2, 0) is 7.05 Å². The summed E-state index contributed by atoms with van der Waals surface area (Å²) in [4.78, 5) is 12.9. The van der Waals surface area contributed by atoms with Gasteiger partial charge >= 0.3 is 0 Å². The van der Waals surface area contributed by atoms with Gasteiger partial charge in [0.15, 0.2) is 5.82 Å². The van der Waals surface area contributed by atoms with Gasteiger partial charge < -0.3 is 9.99 Å². The zero-order valence-electron chi connectivity index (χ0n) is 10.2. The Morgan fingerprint density at radius 3 is 2.65 bits per heavy atom. The molecule has 6 heteroatoms. The monoisotopic (exact) mass is 232 g/mol. The first-order chi connectivity index (χ1) is 8.11. The first-order valence-corrected chi connectivity index (χ1v) is 5.44. The van der Waals surface area contributed by atoms with E-state index in [1.807, 2.05) is 17.7 Å². The van der Waals surface area contributed by atoms with Crippen LogP contribution in [-0.4, -0.2) is 19.5 Å². The van der Waals surface area contributed by atoms with Gasteiger partial charge in [-0.2, -0.15) is 0 Å². The third-order valence-corrected chi connectivity index (χ3v) is 2.53. The number of hydrazine groups is 1. The number of anilines is 1. The number of nitrogen functional groups attached to an aromatic ring is 1. The first-order valence-electron chi connectivity index (χ1n) is 5.44. The van der Waals surface area contributed by atoms with Gasteiger partial charge in [-0.25, -0.2) is 20.8 Å². The molecule has 0 aliphatic heterocycles. The van der Waals surface area contributed by atoms with E-state index in [4.69, 9.17) is 5.84 Å². The Balaban J connectivity index is 2.54. The summed E-state index contributed by atoms with van der Waals surface area (Å²) < 4.78 is 1.87. The Bertz CT molecular complexity index is 516. The molecule has 0 aromatic carbocycles. The number of aryl methyl sites for hydroxylation is 1. The molecule has 2 rings (SSSR count). The van der Waals surface area contributed by atoms with Crippen LogP contribution in [0.3, 0.4) is 0 Å². The Morgan fingerprint density at radius 2 is 2.12 bits per heavy atom. The molecule has 6 nitrogen and oxygen atoms in total. The minimum Gasteiger partial charge on any atom is -0.331 e. The van der Waals surface area contributed by atoms with Crippen LogP contribution in [0.1, 0.15) is 25.5 Å². The highest BCUT2D eigenvalue weighted by Gasteiger charge is 2.11. The second-order valence-electron chi connectivity index (χ2n) is 4.19. The molecule has 90 valence electrons. The van der Waals surface area contributed by atoms with Crippen molar-refractivity contribution < 1.29 is 0 Å². The van der Waals surface area contributed by atoms with Gasteiger partial charge in [0.2, 0.25) is 0 Å². The Hall–Kier alpha value is -1.95. The molecule has 0 aliphatic rings. The van der Waals surface area contributed by atoms with Crippen LogP contribution in [0.15, 0.2) is 18.6 Å². The number of nitrogens with zero attached hydrogens (tertiary/aromatic N) is 4. The van der Waals surface area contributed by atoms with E-state index < -0.39 is 0 Å². The van der Waals surface area contributed by atoms with E-state index in [-0.39, 0.29) is 0 Å². The zero-order chi connectivity index (χ0) is 12.4.